The molecule has 1 saturated heterocycles. The summed E-state index contributed by atoms with van der Waals surface area (Å²) in [6.07, 6.45) is -0.960. The molecule has 1 unspecified atom stereocenters. The Bertz CT molecular complexity index is 535. The number of ether oxygens (including phenoxy) is 1. The summed E-state index contributed by atoms with van der Waals surface area (Å²) in [6.45, 7) is 2.54. The van der Waals surface area contributed by atoms with Crippen molar-refractivity contribution in [2.45, 2.75) is 13.0 Å². The molecule has 0 bridgehead atoms. The molecule has 2 amide bonds. The monoisotopic (exact) mass is 342 g/mol. The highest BCUT2D eigenvalue weighted by Crippen LogP contribution is 2.23. The van der Waals surface area contributed by atoms with Crippen molar-refractivity contribution in [3.63, 3.8) is 0 Å². The van der Waals surface area contributed by atoms with Crippen LogP contribution in [0.15, 0.2) is 22.7 Å². The van der Waals surface area contributed by atoms with Crippen molar-refractivity contribution in [1.29, 1.82) is 0 Å². The van der Waals surface area contributed by atoms with E-state index in [1.807, 2.05) is 19.1 Å². The fourth-order valence-corrected chi connectivity index (χ4v) is 2.29. The zero-order valence-electron chi connectivity index (χ0n) is 10.9. The Morgan fingerprint density at radius 3 is 2.95 bits per heavy atom. The molecule has 1 fully saturated rings. The standard InChI is InChI=1S/C13H15BrN2O4/c1-8-9(14)3-2-4-10(8)15-13(19)16-5-6-20-11(7-16)12(17)18/h2-4,11H,5-7H2,1H3,(H,15,19)(H,17,18). The van der Waals surface area contributed by atoms with Gasteiger partial charge in [-0.1, -0.05) is 22.0 Å². The van der Waals surface area contributed by atoms with Gasteiger partial charge in [0, 0.05) is 16.7 Å². The highest BCUT2D eigenvalue weighted by molar-refractivity contribution is 9.10. The lowest BCUT2D eigenvalue weighted by Crippen LogP contribution is -2.49. The number of carbonyl (C=O) groups excluding carboxylic acids is 1. The lowest BCUT2D eigenvalue weighted by molar-refractivity contribution is -0.154. The van der Waals surface area contributed by atoms with E-state index >= 15 is 0 Å². The molecule has 0 radical (unpaired) electrons. The largest absolute Gasteiger partial charge is 0.479 e. The summed E-state index contributed by atoms with van der Waals surface area (Å²) >= 11 is 3.40. The molecule has 0 spiro atoms. The number of morpholine rings is 1. The van der Waals surface area contributed by atoms with Crippen LogP contribution < -0.4 is 5.32 Å². The molecule has 1 aliphatic rings. The Kier molecular flexibility index (Phi) is 4.61. The number of urea groups is 1. The maximum atomic E-state index is 12.2. The molecule has 1 heterocycles. The van der Waals surface area contributed by atoms with Gasteiger partial charge in [-0.15, -0.1) is 0 Å². The third-order valence-corrected chi connectivity index (χ3v) is 4.00. The number of nitrogens with one attached hydrogen (secondary N) is 1. The number of rotatable bonds is 2. The number of amides is 2. The normalized spacial score (nSPS) is 18.7. The Balaban J connectivity index is 2.04. The summed E-state index contributed by atoms with van der Waals surface area (Å²) in [6, 6.07) is 5.19. The van der Waals surface area contributed by atoms with Crippen LogP contribution in [-0.4, -0.2) is 47.8 Å². The zero-order valence-corrected chi connectivity index (χ0v) is 12.5. The number of carboxylic acids is 1. The van der Waals surface area contributed by atoms with Crippen LogP contribution in [0.1, 0.15) is 5.56 Å². The first-order chi connectivity index (χ1) is 9.49. The number of aliphatic carboxylic acids is 1. The molecule has 1 aliphatic heterocycles. The van der Waals surface area contributed by atoms with Crippen LogP contribution in [0.25, 0.3) is 0 Å². The van der Waals surface area contributed by atoms with Gasteiger partial charge in [-0.2, -0.15) is 0 Å². The quantitative estimate of drug-likeness (QED) is 0.862. The van der Waals surface area contributed by atoms with E-state index in [1.165, 1.54) is 4.90 Å². The summed E-state index contributed by atoms with van der Waals surface area (Å²) in [7, 11) is 0. The van der Waals surface area contributed by atoms with Gasteiger partial charge in [-0.3, -0.25) is 0 Å². The minimum absolute atomic E-state index is 0.0498. The van der Waals surface area contributed by atoms with Gasteiger partial charge in [0.1, 0.15) is 0 Å². The van der Waals surface area contributed by atoms with Crippen LogP contribution in [0.4, 0.5) is 10.5 Å². The molecule has 0 saturated carbocycles. The Morgan fingerprint density at radius 1 is 1.50 bits per heavy atom. The number of hydrogen-bond donors (Lipinski definition) is 2. The van der Waals surface area contributed by atoms with Crippen molar-refractivity contribution in [2.24, 2.45) is 0 Å². The minimum Gasteiger partial charge on any atom is -0.479 e. The molecule has 0 aliphatic carbocycles. The molecule has 2 rings (SSSR count). The number of nitrogens with zero attached hydrogens (tertiary/aromatic N) is 1. The summed E-state index contributed by atoms with van der Waals surface area (Å²) in [5, 5.41) is 11.7. The topological polar surface area (TPSA) is 78.9 Å². The molecule has 2 N–H and O–H groups in total. The van der Waals surface area contributed by atoms with Crippen molar-refractivity contribution in [3.8, 4) is 0 Å². The van der Waals surface area contributed by atoms with Gasteiger partial charge >= 0.3 is 12.0 Å². The molecular weight excluding hydrogens is 328 g/mol. The molecular formula is C13H15BrN2O4. The summed E-state index contributed by atoms with van der Waals surface area (Å²) in [5.74, 6) is -1.05. The van der Waals surface area contributed by atoms with E-state index in [0.717, 1.165) is 10.0 Å². The van der Waals surface area contributed by atoms with E-state index in [4.69, 9.17) is 9.84 Å². The van der Waals surface area contributed by atoms with Crippen LogP contribution in [0.3, 0.4) is 0 Å². The van der Waals surface area contributed by atoms with Gasteiger partial charge in [0.25, 0.3) is 0 Å². The Morgan fingerprint density at radius 2 is 2.25 bits per heavy atom. The predicted octanol–water partition coefficient (Wildman–Crippen LogP) is 2.07. The van der Waals surface area contributed by atoms with Crippen molar-refractivity contribution < 1.29 is 19.4 Å². The van der Waals surface area contributed by atoms with Gasteiger partial charge in [0.2, 0.25) is 0 Å². The maximum absolute atomic E-state index is 12.2. The second-order valence-electron chi connectivity index (χ2n) is 4.49. The second-order valence-corrected chi connectivity index (χ2v) is 5.34. The predicted molar refractivity (Wildman–Crippen MR) is 76.8 cm³/mol. The first-order valence-electron chi connectivity index (χ1n) is 6.14. The summed E-state index contributed by atoms with van der Waals surface area (Å²) in [5.41, 5.74) is 1.62. The highest BCUT2D eigenvalue weighted by Gasteiger charge is 2.29. The first-order valence-corrected chi connectivity index (χ1v) is 6.94. The van der Waals surface area contributed by atoms with Crippen LogP contribution in [-0.2, 0) is 9.53 Å². The maximum Gasteiger partial charge on any atom is 0.334 e. The summed E-state index contributed by atoms with van der Waals surface area (Å²) < 4.78 is 5.99. The number of carbonyl (C=O) groups is 2. The smallest absolute Gasteiger partial charge is 0.334 e. The van der Waals surface area contributed by atoms with Crippen LogP contribution in [0.2, 0.25) is 0 Å². The van der Waals surface area contributed by atoms with E-state index in [9.17, 15) is 9.59 Å². The van der Waals surface area contributed by atoms with Crippen LogP contribution in [0, 0.1) is 6.92 Å². The molecule has 6 nitrogen and oxygen atoms in total. The fourth-order valence-electron chi connectivity index (χ4n) is 1.92. The lowest BCUT2D eigenvalue weighted by Gasteiger charge is -2.31. The molecule has 1 aromatic carbocycles. The number of halogens is 1. The van der Waals surface area contributed by atoms with Gasteiger partial charge in [-0.25, -0.2) is 9.59 Å². The van der Waals surface area contributed by atoms with E-state index in [1.54, 1.807) is 6.07 Å². The van der Waals surface area contributed by atoms with E-state index in [-0.39, 0.29) is 19.2 Å². The van der Waals surface area contributed by atoms with Gasteiger partial charge in [-0.05, 0) is 24.6 Å². The molecule has 1 aromatic rings. The number of hydrogen-bond acceptors (Lipinski definition) is 3. The third kappa shape index (κ3) is 3.29. The summed E-state index contributed by atoms with van der Waals surface area (Å²) in [4.78, 5) is 24.5. The molecule has 7 heteroatoms. The second kappa shape index (κ2) is 6.23. The van der Waals surface area contributed by atoms with Gasteiger partial charge in [0.05, 0.1) is 13.2 Å². The molecule has 0 aromatic heterocycles. The van der Waals surface area contributed by atoms with Crippen molar-refractivity contribution >= 4 is 33.6 Å². The third-order valence-electron chi connectivity index (χ3n) is 3.14. The number of carboxylic acid groups (broad SMARTS) is 1. The first kappa shape index (κ1) is 14.8. The highest BCUT2D eigenvalue weighted by atomic mass is 79.9. The lowest BCUT2D eigenvalue weighted by atomic mass is 10.2. The average molecular weight is 343 g/mol. The average Bonchev–Trinajstić information content (AvgIpc) is 2.44. The minimum atomic E-state index is -1.05. The van der Waals surface area contributed by atoms with Crippen molar-refractivity contribution in [2.75, 3.05) is 25.0 Å². The number of anilines is 1. The van der Waals surface area contributed by atoms with Crippen LogP contribution in [0.5, 0.6) is 0 Å². The van der Waals surface area contributed by atoms with Gasteiger partial charge < -0.3 is 20.1 Å². The SMILES string of the molecule is Cc1c(Br)cccc1NC(=O)N1CCOC(C(=O)O)C1. The van der Waals surface area contributed by atoms with E-state index in [0.29, 0.717) is 12.2 Å². The van der Waals surface area contributed by atoms with Crippen molar-refractivity contribution in [3.05, 3.63) is 28.2 Å². The fraction of sp³-hybridized carbons (Fsp3) is 0.385. The van der Waals surface area contributed by atoms with Crippen LogP contribution >= 0.6 is 15.9 Å². The zero-order chi connectivity index (χ0) is 14.7. The van der Waals surface area contributed by atoms with Crippen molar-refractivity contribution in [1.82, 2.24) is 4.90 Å². The van der Waals surface area contributed by atoms with Gasteiger partial charge in [0.15, 0.2) is 6.10 Å². The molecule has 20 heavy (non-hydrogen) atoms. The molecule has 1 atom stereocenters. The van der Waals surface area contributed by atoms with E-state index in [2.05, 4.69) is 21.2 Å². The Hall–Kier alpha value is -1.60. The van der Waals surface area contributed by atoms with E-state index < -0.39 is 12.1 Å². The molecule has 108 valence electrons. The number of benzene rings is 1. The Labute approximate surface area is 124 Å².